The molecule has 0 fully saturated rings. The number of hydrogen-bond donors (Lipinski definition) is 1. The first-order chi connectivity index (χ1) is 9.52. The molecule has 2 aromatic heterocycles. The standard InChI is InChI=1S/C14H18ClN3O2/c1-9(2)18-14(11(15)8-17-18)12(19)6-10-4-5-13(20-3)16-7-10/h4-5,7-9,12,19H,6H2,1-3H3. The fraction of sp³-hybridized carbons (Fsp3) is 0.429. The molecule has 6 heteroatoms. The van der Waals surface area contributed by atoms with Gasteiger partial charge in [-0.2, -0.15) is 5.10 Å². The Labute approximate surface area is 123 Å². The fourth-order valence-electron chi connectivity index (χ4n) is 2.05. The van der Waals surface area contributed by atoms with Crippen LogP contribution in [0.5, 0.6) is 5.88 Å². The number of rotatable bonds is 5. The first-order valence-corrected chi connectivity index (χ1v) is 6.80. The number of nitrogens with zero attached hydrogens (tertiary/aromatic N) is 3. The van der Waals surface area contributed by atoms with E-state index in [4.69, 9.17) is 16.3 Å². The van der Waals surface area contributed by atoms with E-state index in [1.165, 1.54) is 0 Å². The lowest BCUT2D eigenvalue weighted by Gasteiger charge is -2.16. The lowest BCUT2D eigenvalue weighted by molar-refractivity contribution is 0.164. The van der Waals surface area contributed by atoms with Crippen LogP contribution in [0.4, 0.5) is 0 Å². The molecule has 1 N–H and O–H groups in total. The molecule has 1 unspecified atom stereocenters. The second kappa shape index (κ2) is 6.24. The lowest BCUT2D eigenvalue weighted by atomic mass is 10.1. The number of methoxy groups -OCH3 is 1. The van der Waals surface area contributed by atoms with E-state index in [0.29, 0.717) is 23.0 Å². The lowest BCUT2D eigenvalue weighted by Crippen LogP contribution is -2.13. The van der Waals surface area contributed by atoms with Gasteiger partial charge in [-0.3, -0.25) is 4.68 Å². The Kier molecular flexibility index (Phi) is 4.62. The van der Waals surface area contributed by atoms with Gasteiger partial charge in [0.1, 0.15) is 6.10 Å². The van der Waals surface area contributed by atoms with Crippen molar-refractivity contribution in [1.29, 1.82) is 0 Å². The van der Waals surface area contributed by atoms with Crippen LogP contribution in [0.2, 0.25) is 5.02 Å². The summed E-state index contributed by atoms with van der Waals surface area (Å²) in [5.41, 5.74) is 1.54. The highest BCUT2D eigenvalue weighted by molar-refractivity contribution is 6.31. The molecule has 2 heterocycles. The van der Waals surface area contributed by atoms with Crippen molar-refractivity contribution < 1.29 is 9.84 Å². The highest BCUT2D eigenvalue weighted by Crippen LogP contribution is 2.27. The predicted octanol–water partition coefficient (Wildman–Crippen LogP) is 2.80. The van der Waals surface area contributed by atoms with Gasteiger partial charge in [0.25, 0.3) is 0 Å². The molecule has 108 valence electrons. The molecule has 2 rings (SSSR count). The van der Waals surface area contributed by atoms with E-state index in [2.05, 4.69) is 10.1 Å². The maximum absolute atomic E-state index is 10.4. The smallest absolute Gasteiger partial charge is 0.212 e. The topological polar surface area (TPSA) is 60.2 Å². The van der Waals surface area contributed by atoms with Crippen LogP contribution in [-0.4, -0.2) is 27.0 Å². The number of ether oxygens (including phenoxy) is 1. The maximum atomic E-state index is 10.4. The van der Waals surface area contributed by atoms with Crippen molar-refractivity contribution in [3.63, 3.8) is 0 Å². The number of aliphatic hydroxyl groups excluding tert-OH is 1. The van der Waals surface area contributed by atoms with E-state index in [-0.39, 0.29) is 6.04 Å². The zero-order valence-electron chi connectivity index (χ0n) is 11.7. The Morgan fingerprint density at radius 3 is 2.65 bits per heavy atom. The Morgan fingerprint density at radius 1 is 1.35 bits per heavy atom. The van der Waals surface area contributed by atoms with Crippen molar-refractivity contribution in [3.8, 4) is 5.88 Å². The third kappa shape index (κ3) is 3.11. The van der Waals surface area contributed by atoms with Gasteiger partial charge in [0.05, 0.1) is 24.0 Å². The quantitative estimate of drug-likeness (QED) is 0.921. The molecule has 0 radical (unpaired) electrons. The van der Waals surface area contributed by atoms with Crippen molar-refractivity contribution in [1.82, 2.24) is 14.8 Å². The van der Waals surface area contributed by atoms with Crippen molar-refractivity contribution in [2.45, 2.75) is 32.4 Å². The maximum Gasteiger partial charge on any atom is 0.212 e. The van der Waals surface area contributed by atoms with Gasteiger partial charge in [-0.05, 0) is 19.4 Å². The summed E-state index contributed by atoms with van der Waals surface area (Å²) < 4.78 is 6.75. The molecule has 20 heavy (non-hydrogen) atoms. The van der Waals surface area contributed by atoms with Crippen LogP contribution in [0.1, 0.15) is 37.3 Å². The first-order valence-electron chi connectivity index (χ1n) is 6.42. The van der Waals surface area contributed by atoms with Gasteiger partial charge in [0.15, 0.2) is 0 Å². The summed E-state index contributed by atoms with van der Waals surface area (Å²) >= 11 is 6.12. The van der Waals surface area contributed by atoms with Crippen LogP contribution in [0, 0.1) is 0 Å². The second-order valence-corrected chi connectivity index (χ2v) is 5.25. The number of aromatic nitrogens is 3. The van der Waals surface area contributed by atoms with E-state index < -0.39 is 6.10 Å². The normalized spacial score (nSPS) is 12.7. The molecular weight excluding hydrogens is 278 g/mol. The number of hydrogen-bond acceptors (Lipinski definition) is 4. The van der Waals surface area contributed by atoms with Gasteiger partial charge in [-0.25, -0.2) is 4.98 Å². The minimum absolute atomic E-state index is 0.140. The Balaban J connectivity index is 2.19. The molecule has 0 spiro atoms. The molecular formula is C14H18ClN3O2. The highest BCUT2D eigenvalue weighted by atomic mass is 35.5. The van der Waals surface area contributed by atoms with Crippen LogP contribution < -0.4 is 4.74 Å². The van der Waals surface area contributed by atoms with Crippen LogP contribution in [0.15, 0.2) is 24.5 Å². The van der Waals surface area contributed by atoms with E-state index in [9.17, 15) is 5.11 Å². The molecule has 0 aliphatic rings. The van der Waals surface area contributed by atoms with E-state index in [0.717, 1.165) is 5.56 Å². The second-order valence-electron chi connectivity index (χ2n) is 4.84. The third-order valence-corrected chi connectivity index (χ3v) is 3.32. The molecule has 0 saturated heterocycles. The van der Waals surface area contributed by atoms with Crippen molar-refractivity contribution in [2.75, 3.05) is 7.11 Å². The first kappa shape index (κ1) is 14.8. The molecule has 0 bridgehead atoms. The summed E-state index contributed by atoms with van der Waals surface area (Å²) in [4.78, 5) is 4.12. The number of halogens is 1. The molecule has 0 saturated carbocycles. The van der Waals surface area contributed by atoms with E-state index in [1.54, 1.807) is 30.3 Å². The molecule has 0 aliphatic carbocycles. The van der Waals surface area contributed by atoms with E-state index in [1.807, 2.05) is 19.9 Å². The fourth-order valence-corrected chi connectivity index (χ4v) is 2.30. The molecule has 1 atom stereocenters. The van der Waals surface area contributed by atoms with Crippen LogP contribution in [0.25, 0.3) is 0 Å². The summed E-state index contributed by atoms with van der Waals surface area (Å²) in [6.07, 6.45) is 2.95. The Morgan fingerprint density at radius 2 is 2.10 bits per heavy atom. The Bertz CT molecular complexity index is 566. The number of aliphatic hydroxyl groups is 1. The van der Waals surface area contributed by atoms with Crippen LogP contribution in [0.3, 0.4) is 0 Å². The molecule has 0 aliphatic heterocycles. The zero-order chi connectivity index (χ0) is 14.7. The van der Waals surface area contributed by atoms with Crippen molar-refractivity contribution in [3.05, 3.63) is 40.8 Å². The van der Waals surface area contributed by atoms with Gasteiger partial charge < -0.3 is 9.84 Å². The number of pyridine rings is 1. The average Bonchev–Trinajstić information content (AvgIpc) is 2.81. The summed E-state index contributed by atoms with van der Waals surface area (Å²) in [5, 5.41) is 15.1. The van der Waals surface area contributed by atoms with Gasteiger partial charge in [0.2, 0.25) is 5.88 Å². The van der Waals surface area contributed by atoms with Crippen LogP contribution in [-0.2, 0) is 6.42 Å². The average molecular weight is 296 g/mol. The van der Waals surface area contributed by atoms with Crippen molar-refractivity contribution in [2.24, 2.45) is 0 Å². The molecule has 2 aromatic rings. The molecule has 5 nitrogen and oxygen atoms in total. The monoisotopic (exact) mass is 295 g/mol. The summed E-state index contributed by atoms with van der Waals surface area (Å²) in [6, 6.07) is 3.78. The third-order valence-electron chi connectivity index (χ3n) is 3.03. The SMILES string of the molecule is COc1ccc(CC(O)c2c(Cl)cnn2C(C)C)cn1. The van der Waals surface area contributed by atoms with Crippen LogP contribution >= 0.6 is 11.6 Å². The Hall–Kier alpha value is -1.59. The minimum Gasteiger partial charge on any atom is -0.481 e. The van der Waals surface area contributed by atoms with E-state index >= 15 is 0 Å². The summed E-state index contributed by atoms with van der Waals surface area (Å²) in [5.74, 6) is 0.550. The van der Waals surface area contributed by atoms with Gasteiger partial charge in [-0.1, -0.05) is 17.7 Å². The largest absolute Gasteiger partial charge is 0.481 e. The van der Waals surface area contributed by atoms with Gasteiger partial charge in [-0.15, -0.1) is 0 Å². The highest BCUT2D eigenvalue weighted by Gasteiger charge is 2.20. The summed E-state index contributed by atoms with van der Waals surface area (Å²) in [6.45, 7) is 3.99. The van der Waals surface area contributed by atoms with Gasteiger partial charge in [0, 0.05) is 24.7 Å². The van der Waals surface area contributed by atoms with Gasteiger partial charge >= 0.3 is 0 Å². The minimum atomic E-state index is -0.720. The predicted molar refractivity (Wildman–Crippen MR) is 77.1 cm³/mol. The summed E-state index contributed by atoms with van der Waals surface area (Å²) in [7, 11) is 1.57. The molecule has 0 aromatic carbocycles. The van der Waals surface area contributed by atoms with Crippen molar-refractivity contribution >= 4 is 11.6 Å². The molecule has 0 amide bonds. The zero-order valence-corrected chi connectivity index (χ0v) is 12.5.